The molecule has 11 heteroatoms. The van der Waals surface area contributed by atoms with Crippen LogP contribution in [0.15, 0.2) is 0 Å². The normalized spacial score (nSPS) is 47.0. The van der Waals surface area contributed by atoms with Gasteiger partial charge >= 0.3 is 0 Å². The molecule has 9 nitrogen and oxygen atoms in total. The molecule has 0 unspecified atom stereocenters. The van der Waals surface area contributed by atoms with E-state index >= 15 is 0 Å². The summed E-state index contributed by atoms with van der Waals surface area (Å²) in [5.74, 6) is 0. The van der Waals surface area contributed by atoms with Crippen LogP contribution in [0, 0.1) is 0 Å². The number of rotatable bonds is 6. The molecule has 0 amide bonds. The third kappa shape index (κ3) is 3.62. The number of alkyl halides is 2. The summed E-state index contributed by atoms with van der Waals surface area (Å²) < 4.78 is 39.8. The van der Waals surface area contributed by atoms with Crippen molar-refractivity contribution in [1.82, 2.24) is 0 Å². The van der Waals surface area contributed by atoms with Crippen LogP contribution in [-0.4, -0.2) is 105 Å². The van der Waals surface area contributed by atoms with E-state index in [2.05, 4.69) is 0 Å². The number of hydrogen-bond donors (Lipinski definition) is 6. The predicted molar refractivity (Wildman–Crippen MR) is 66.4 cm³/mol. The smallest absolute Gasteiger partial charge is 0.187 e. The van der Waals surface area contributed by atoms with Gasteiger partial charge in [0.1, 0.15) is 62.2 Å². The molecule has 0 aromatic heterocycles. The van der Waals surface area contributed by atoms with Crippen LogP contribution >= 0.6 is 0 Å². The highest BCUT2D eigenvalue weighted by molar-refractivity contribution is 4.95. The molecule has 2 fully saturated rings. The molecule has 2 saturated heterocycles. The van der Waals surface area contributed by atoms with Gasteiger partial charge in [-0.25, -0.2) is 8.78 Å². The number of hydrogen-bond acceptors (Lipinski definition) is 9. The lowest BCUT2D eigenvalue weighted by Gasteiger charge is -2.24. The Bertz CT molecular complexity index is 390. The third-order valence-corrected chi connectivity index (χ3v) is 3.87. The monoisotopic (exact) mass is 346 g/mol. The molecule has 0 bridgehead atoms. The van der Waals surface area contributed by atoms with Crippen LogP contribution in [0.3, 0.4) is 0 Å². The molecular weight excluding hydrogens is 326 g/mol. The van der Waals surface area contributed by atoms with Gasteiger partial charge in [-0.05, 0) is 0 Å². The maximum Gasteiger partial charge on any atom is 0.187 e. The molecule has 0 radical (unpaired) electrons. The van der Waals surface area contributed by atoms with Gasteiger partial charge < -0.3 is 44.8 Å². The molecule has 0 saturated carbocycles. The van der Waals surface area contributed by atoms with Crippen molar-refractivity contribution in [3.8, 4) is 0 Å². The molecule has 23 heavy (non-hydrogen) atoms. The Labute approximate surface area is 129 Å². The summed E-state index contributed by atoms with van der Waals surface area (Å²) in [5, 5.41) is 57.7. The van der Waals surface area contributed by atoms with Gasteiger partial charge in [0.25, 0.3) is 0 Å². The van der Waals surface area contributed by atoms with E-state index in [0.717, 1.165) is 0 Å². The Morgan fingerprint density at radius 3 is 1.87 bits per heavy atom. The van der Waals surface area contributed by atoms with Crippen molar-refractivity contribution < 1.29 is 53.6 Å². The molecule has 2 rings (SSSR count). The maximum atomic E-state index is 12.4. The second-order valence-electron chi connectivity index (χ2n) is 5.48. The van der Waals surface area contributed by atoms with Crippen LogP contribution in [0.25, 0.3) is 0 Å². The lowest BCUT2D eigenvalue weighted by atomic mass is 10.1. The lowest BCUT2D eigenvalue weighted by Crippen LogP contribution is -2.44. The second-order valence-corrected chi connectivity index (χ2v) is 5.48. The minimum absolute atomic E-state index is 1.23. The van der Waals surface area contributed by atoms with E-state index in [9.17, 15) is 39.4 Å². The first-order valence-corrected chi connectivity index (χ1v) is 6.98. The Morgan fingerprint density at radius 2 is 1.35 bits per heavy atom. The van der Waals surface area contributed by atoms with Crippen LogP contribution in [0.1, 0.15) is 0 Å². The Morgan fingerprint density at radius 1 is 0.826 bits per heavy atom. The third-order valence-electron chi connectivity index (χ3n) is 3.87. The summed E-state index contributed by atoms with van der Waals surface area (Å²) in [5.41, 5.74) is 0. The van der Waals surface area contributed by atoms with E-state index in [0.29, 0.717) is 0 Å². The molecule has 6 N–H and O–H groups in total. The zero-order chi connectivity index (χ0) is 17.3. The summed E-state index contributed by atoms with van der Waals surface area (Å²) in [4.78, 5) is 0. The van der Waals surface area contributed by atoms with Crippen molar-refractivity contribution in [3.05, 3.63) is 0 Å². The highest BCUT2D eigenvalue weighted by atomic mass is 19.1. The van der Waals surface area contributed by atoms with Crippen LogP contribution in [-0.2, 0) is 14.2 Å². The lowest BCUT2D eigenvalue weighted by molar-refractivity contribution is -0.240. The fraction of sp³-hybridized carbons (Fsp3) is 1.00. The minimum Gasteiger partial charge on any atom is -0.388 e. The molecule has 0 aliphatic carbocycles. The highest BCUT2D eigenvalue weighted by Crippen LogP contribution is 2.31. The molecular formula is C12H20F2O9. The largest absolute Gasteiger partial charge is 0.388 e. The van der Waals surface area contributed by atoms with Crippen molar-refractivity contribution in [2.75, 3.05) is 13.3 Å². The van der Waals surface area contributed by atoms with Gasteiger partial charge in [-0.1, -0.05) is 0 Å². The summed E-state index contributed by atoms with van der Waals surface area (Å²) >= 11 is 0. The molecule has 0 aromatic carbocycles. The van der Waals surface area contributed by atoms with Crippen LogP contribution in [0.2, 0.25) is 0 Å². The average Bonchev–Trinajstić information content (AvgIpc) is 2.98. The molecule has 2 aliphatic heterocycles. The fourth-order valence-electron chi connectivity index (χ4n) is 2.57. The quantitative estimate of drug-likeness (QED) is 0.289. The van der Waals surface area contributed by atoms with Crippen LogP contribution in [0.4, 0.5) is 8.78 Å². The van der Waals surface area contributed by atoms with E-state index in [4.69, 9.17) is 14.2 Å². The molecule has 2 heterocycles. The van der Waals surface area contributed by atoms with E-state index in [1.165, 1.54) is 0 Å². The van der Waals surface area contributed by atoms with E-state index < -0.39 is 74.8 Å². The molecule has 2 aliphatic rings. The van der Waals surface area contributed by atoms with E-state index in [1.807, 2.05) is 0 Å². The van der Waals surface area contributed by atoms with Gasteiger partial charge in [-0.2, -0.15) is 0 Å². The first-order chi connectivity index (χ1) is 10.8. The van der Waals surface area contributed by atoms with Gasteiger partial charge in [-0.3, -0.25) is 0 Å². The van der Waals surface area contributed by atoms with Gasteiger partial charge in [0.15, 0.2) is 12.6 Å². The Balaban J connectivity index is 2.01. The predicted octanol–water partition coefficient (Wildman–Crippen LogP) is -3.44. The van der Waals surface area contributed by atoms with Gasteiger partial charge in [-0.15, -0.1) is 0 Å². The summed E-state index contributed by atoms with van der Waals surface area (Å²) in [6.45, 7) is -2.46. The zero-order valence-electron chi connectivity index (χ0n) is 11.9. The number of ether oxygens (including phenoxy) is 3. The van der Waals surface area contributed by atoms with Crippen molar-refractivity contribution in [2.45, 2.75) is 61.4 Å². The average molecular weight is 346 g/mol. The van der Waals surface area contributed by atoms with Gasteiger partial charge in [0.2, 0.25) is 0 Å². The number of aliphatic hydroxyl groups excluding tert-OH is 6. The van der Waals surface area contributed by atoms with E-state index in [-0.39, 0.29) is 0 Å². The fourth-order valence-corrected chi connectivity index (χ4v) is 2.57. The zero-order valence-corrected chi connectivity index (χ0v) is 11.9. The standard InChI is InChI=1S/C12H20F2O9/c13-1-3(15)8-5(17)6(18)12(22-8)23-10-7(19)9(4(16)2-14)21-11(10)20/h3-12,15-20H,1-2H2/t3-,4-,5-,6-,7+,8+,9+,10-,11-,12+/m1/s1. The second kappa shape index (κ2) is 7.59. The first kappa shape index (κ1) is 18.8. The summed E-state index contributed by atoms with van der Waals surface area (Å²) in [6, 6.07) is 0. The minimum atomic E-state index is -1.76. The topological polar surface area (TPSA) is 149 Å². The van der Waals surface area contributed by atoms with Crippen LogP contribution < -0.4 is 0 Å². The summed E-state index contributed by atoms with van der Waals surface area (Å²) in [7, 11) is 0. The SMILES string of the molecule is O[C@@H]1[C@@H](O)[C@H](O[C@@H]2[C@@H](O)[C@H]([C@H](O)CF)O[C@H]2O)O[C@H]1[C@H](O)CF. The summed E-state index contributed by atoms with van der Waals surface area (Å²) in [6.07, 6.45) is -16.2. The van der Waals surface area contributed by atoms with Gasteiger partial charge in [0, 0.05) is 0 Å². The highest BCUT2D eigenvalue weighted by Gasteiger charge is 2.52. The number of halogens is 2. The van der Waals surface area contributed by atoms with Crippen molar-refractivity contribution in [2.24, 2.45) is 0 Å². The van der Waals surface area contributed by atoms with Gasteiger partial charge in [0.05, 0.1) is 0 Å². The number of aliphatic hydroxyl groups is 6. The first-order valence-electron chi connectivity index (χ1n) is 6.98. The molecule has 136 valence electrons. The van der Waals surface area contributed by atoms with E-state index in [1.54, 1.807) is 0 Å². The molecule has 0 aromatic rings. The Kier molecular flexibility index (Phi) is 6.22. The molecule has 10 atom stereocenters. The Hall–Kier alpha value is -0.500. The van der Waals surface area contributed by atoms with Crippen LogP contribution in [0.5, 0.6) is 0 Å². The maximum absolute atomic E-state index is 12.4. The molecule has 0 spiro atoms. The van der Waals surface area contributed by atoms with Crippen molar-refractivity contribution >= 4 is 0 Å². The van der Waals surface area contributed by atoms with Crippen molar-refractivity contribution in [3.63, 3.8) is 0 Å². The van der Waals surface area contributed by atoms with Crippen molar-refractivity contribution in [1.29, 1.82) is 0 Å².